The van der Waals surface area contributed by atoms with Crippen molar-refractivity contribution < 1.29 is 19.7 Å². The van der Waals surface area contributed by atoms with Crippen LogP contribution in [-0.2, 0) is 13.0 Å². The van der Waals surface area contributed by atoms with Crippen LogP contribution in [0.3, 0.4) is 0 Å². The lowest BCUT2D eigenvalue weighted by atomic mass is 9.92. The molecule has 1 aromatic heterocycles. The number of benzene rings is 1. The zero-order valence-corrected chi connectivity index (χ0v) is 17.0. The lowest BCUT2D eigenvalue weighted by molar-refractivity contribution is 0.0869. The topological polar surface area (TPSA) is 116 Å². The number of pyridine rings is 1. The van der Waals surface area contributed by atoms with Crippen molar-refractivity contribution in [1.82, 2.24) is 15.6 Å². The molecule has 2 aliphatic rings. The molecule has 1 amide bonds. The quantitative estimate of drug-likeness (QED) is 0.469. The number of fused-ring (bicyclic) bond motifs is 1. The predicted molar refractivity (Wildman–Crippen MR) is 113 cm³/mol. The van der Waals surface area contributed by atoms with Crippen LogP contribution in [0, 0.1) is 0 Å². The van der Waals surface area contributed by atoms with E-state index in [-0.39, 0.29) is 24.2 Å². The summed E-state index contributed by atoms with van der Waals surface area (Å²) in [6.45, 7) is 0.692. The van der Waals surface area contributed by atoms with Gasteiger partial charge in [0.15, 0.2) is 0 Å². The van der Waals surface area contributed by atoms with Gasteiger partial charge in [0, 0.05) is 36.8 Å². The van der Waals surface area contributed by atoms with Gasteiger partial charge in [-0.2, -0.15) is 4.98 Å². The van der Waals surface area contributed by atoms with E-state index in [9.17, 15) is 15.0 Å². The first-order chi connectivity index (χ1) is 14.5. The SMILES string of the molecule is COc1cc(C(=O)NCC(O)[C@@H]2Cc3ccc(O)cc3CN2)cc(NC2CCC2)n1. The van der Waals surface area contributed by atoms with Crippen LogP contribution >= 0.6 is 0 Å². The molecule has 1 fully saturated rings. The Morgan fingerprint density at radius 2 is 2.13 bits per heavy atom. The fraction of sp³-hybridized carbons (Fsp3) is 0.455. The van der Waals surface area contributed by atoms with Crippen molar-refractivity contribution in [2.75, 3.05) is 19.0 Å². The Labute approximate surface area is 175 Å². The molecule has 160 valence electrons. The number of hydrogen-bond donors (Lipinski definition) is 5. The van der Waals surface area contributed by atoms with E-state index in [1.807, 2.05) is 6.07 Å². The Morgan fingerprint density at radius 1 is 1.30 bits per heavy atom. The highest BCUT2D eigenvalue weighted by Gasteiger charge is 2.25. The molecule has 1 aliphatic carbocycles. The molecular formula is C22H28N4O4. The number of rotatable bonds is 7. The molecule has 0 radical (unpaired) electrons. The first-order valence-corrected chi connectivity index (χ1v) is 10.3. The average molecular weight is 412 g/mol. The number of hydrogen-bond acceptors (Lipinski definition) is 7. The number of carbonyl (C=O) groups is 1. The van der Waals surface area contributed by atoms with Crippen LogP contribution < -0.4 is 20.7 Å². The number of nitrogens with one attached hydrogen (secondary N) is 3. The lowest BCUT2D eigenvalue weighted by Gasteiger charge is -2.30. The highest BCUT2D eigenvalue weighted by molar-refractivity contribution is 5.95. The van der Waals surface area contributed by atoms with Gasteiger partial charge in [0.1, 0.15) is 11.6 Å². The van der Waals surface area contributed by atoms with Gasteiger partial charge in [-0.25, -0.2) is 0 Å². The molecule has 8 heteroatoms. The van der Waals surface area contributed by atoms with Crippen molar-refractivity contribution in [1.29, 1.82) is 0 Å². The van der Waals surface area contributed by atoms with Crippen molar-refractivity contribution in [3.05, 3.63) is 47.0 Å². The summed E-state index contributed by atoms with van der Waals surface area (Å²) in [6, 6.07) is 8.79. The smallest absolute Gasteiger partial charge is 0.251 e. The van der Waals surface area contributed by atoms with E-state index in [1.54, 1.807) is 24.3 Å². The monoisotopic (exact) mass is 412 g/mol. The summed E-state index contributed by atoms with van der Waals surface area (Å²) in [5.41, 5.74) is 2.55. The molecule has 4 rings (SSSR count). The molecule has 2 atom stereocenters. The third kappa shape index (κ3) is 4.66. The fourth-order valence-electron chi connectivity index (χ4n) is 3.82. The molecule has 5 N–H and O–H groups in total. The van der Waals surface area contributed by atoms with Crippen molar-refractivity contribution >= 4 is 11.7 Å². The number of aromatic nitrogens is 1. The second kappa shape index (κ2) is 8.89. The van der Waals surface area contributed by atoms with Crippen molar-refractivity contribution in [2.24, 2.45) is 0 Å². The number of nitrogens with zero attached hydrogens (tertiary/aromatic N) is 1. The molecule has 0 saturated heterocycles. The predicted octanol–water partition coefficient (Wildman–Crippen LogP) is 1.57. The Morgan fingerprint density at radius 3 is 2.87 bits per heavy atom. The second-order valence-electron chi connectivity index (χ2n) is 7.98. The molecule has 30 heavy (non-hydrogen) atoms. The Bertz CT molecular complexity index is 916. The number of aromatic hydroxyl groups is 1. The minimum Gasteiger partial charge on any atom is -0.508 e. The summed E-state index contributed by atoms with van der Waals surface area (Å²) < 4.78 is 5.23. The van der Waals surface area contributed by atoms with Gasteiger partial charge >= 0.3 is 0 Å². The molecule has 8 nitrogen and oxygen atoms in total. The summed E-state index contributed by atoms with van der Waals surface area (Å²) in [7, 11) is 1.52. The van der Waals surface area contributed by atoms with Gasteiger partial charge in [0.25, 0.3) is 5.91 Å². The van der Waals surface area contributed by atoms with Crippen LogP contribution in [-0.4, -0.2) is 52.9 Å². The van der Waals surface area contributed by atoms with E-state index < -0.39 is 6.10 Å². The molecular weight excluding hydrogens is 384 g/mol. The lowest BCUT2D eigenvalue weighted by Crippen LogP contribution is -2.49. The Hall–Kier alpha value is -2.84. The normalized spacial score (nSPS) is 19.3. The highest BCUT2D eigenvalue weighted by atomic mass is 16.5. The van der Waals surface area contributed by atoms with Crippen molar-refractivity contribution in [3.8, 4) is 11.6 Å². The summed E-state index contributed by atoms with van der Waals surface area (Å²) in [4.78, 5) is 17.0. The van der Waals surface area contributed by atoms with Crippen LogP contribution in [0.5, 0.6) is 11.6 Å². The number of amides is 1. The summed E-state index contributed by atoms with van der Waals surface area (Å²) in [5.74, 6) is 0.950. The summed E-state index contributed by atoms with van der Waals surface area (Å²) in [6.07, 6.45) is 3.29. The van der Waals surface area contributed by atoms with E-state index >= 15 is 0 Å². The van der Waals surface area contributed by atoms with E-state index in [1.165, 1.54) is 13.5 Å². The maximum atomic E-state index is 12.7. The minimum absolute atomic E-state index is 0.125. The number of aliphatic hydroxyl groups excluding tert-OH is 1. The Kier molecular flexibility index (Phi) is 6.06. The van der Waals surface area contributed by atoms with Gasteiger partial charge in [0.05, 0.1) is 13.2 Å². The molecule has 1 saturated carbocycles. The van der Waals surface area contributed by atoms with Gasteiger partial charge in [-0.1, -0.05) is 6.07 Å². The molecule has 2 heterocycles. The first-order valence-electron chi connectivity index (χ1n) is 10.3. The van der Waals surface area contributed by atoms with Gasteiger partial charge in [-0.3, -0.25) is 4.79 Å². The number of carbonyl (C=O) groups excluding carboxylic acids is 1. The molecule has 0 spiro atoms. The fourth-order valence-corrected chi connectivity index (χ4v) is 3.82. The van der Waals surface area contributed by atoms with Crippen LogP contribution in [0.4, 0.5) is 5.82 Å². The maximum Gasteiger partial charge on any atom is 0.251 e. The molecule has 1 aromatic carbocycles. The summed E-state index contributed by atoms with van der Waals surface area (Å²) in [5, 5.41) is 29.6. The van der Waals surface area contributed by atoms with E-state index in [0.29, 0.717) is 36.3 Å². The molecule has 1 unspecified atom stereocenters. The third-order valence-electron chi connectivity index (χ3n) is 5.85. The van der Waals surface area contributed by atoms with Crippen LogP contribution in [0.15, 0.2) is 30.3 Å². The maximum absolute atomic E-state index is 12.7. The van der Waals surface area contributed by atoms with Crippen molar-refractivity contribution in [2.45, 2.75) is 50.4 Å². The number of ether oxygens (including phenoxy) is 1. The first kappa shape index (κ1) is 20.4. The minimum atomic E-state index is -0.743. The third-order valence-corrected chi connectivity index (χ3v) is 5.85. The van der Waals surface area contributed by atoms with Gasteiger partial charge in [0.2, 0.25) is 5.88 Å². The van der Waals surface area contributed by atoms with Gasteiger partial charge in [-0.05, 0) is 55.0 Å². The van der Waals surface area contributed by atoms with Gasteiger partial charge in [-0.15, -0.1) is 0 Å². The van der Waals surface area contributed by atoms with E-state index in [2.05, 4.69) is 20.9 Å². The van der Waals surface area contributed by atoms with Crippen LogP contribution in [0.25, 0.3) is 0 Å². The summed E-state index contributed by atoms with van der Waals surface area (Å²) >= 11 is 0. The zero-order valence-electron chi connectivity index (χ0n) is 17.0. The largest absolute Gasteiger partial charge is 0.508 e. The highest BCUT2D eigenvalue weighted by Crippen LogP contribution is 2.25. The number of phenols is 1. The molecule has 1 aliphatic heterocycles. The number of aliphatic hydroxyl groups is 1. The zero-order chi connectivity index (χ0) is 21.1. The Balaban J connectivity index is 1.36. The molecule has 0 bridgehead atoms. The number of methoxy groups -OCH3 is 1. The standard InChI is InChI=1S/C22H28N4O4/c1-30-21-10-14(9-20(26-21)25-16-3-2-4-16)22(29)24-12-19(28)18-8-13-5-6-17(27)7-15(13)11-23-18/h5-7,9-10,16,18-19,23,27-28H,2-4,8,11-12H2,1H3,(H,24,29)(H,25,26)/t18-,19?/m0/s1. The van der Waals surface area contributed by atoms with Crippen LogP contribution in [0.1, 0.15) is 40.7 Å². The van der Waals surface area contributed by atoms with Crippen LogP contribution in [0.2, 0.25) is 0 Å². The average Bonchev–Trinajstić information content (AvgIpc) is 2.73. The second-order valence-corrected chi connectivity index (χ2v) is 7.98. The molecule has 2 aromatic rings. The van der Waals surface area contributed by atoms with E-state index in [0.717, 1.165) is 24.0 Å². The number of anilines is 1. The van der Waals surface area contributed by atoms with Crippen molar-refractivity contribution in [3.63, 3.8) is 0 Å². The van der Waals surface area contributed by atoms with E-state index in [4.69, 9.17) is 4.74 Å². The van der Waals surface area contributed by atoms with Gasteiger partial charge < -0.3 is 30.9 Å². The number of phenolic OH excluding ortho intramolecular Hbond substituents is 1.